The number of rotatable bonds is 9. The molecular formula is C13H27. The highest BCUT2D eigenvalue weighted by molar-refractivity contribution is 4.64. The maximum absolute atomic E-state index is 2.48. The van der Waals surface area contributed by atoms with Crippen molar-refractivity contribution >= 4 is 0 Å². The van der Waals surface area contributed by atoms with Gasteiger partial charge in [-0.3, -0.25) is 0 Å². The first kappa shape index (κ1) is 13.0. The third-order valence-corrected chi connectivity index (χ3v) is 2.45. The van der Waals surface area contributed by atoms with Crippen LogP contribution >= 0.6 is 0 Å². The van der Waals surface area contributed by atoms with Gasteiger partial charge in [0.15, 0.2) is 0 Å². The molecule has 13 heavy (non-hydrogen) atoms. The summed E-state index contributed by atoms with van der Waals surface area (Å²) >= 11 is 0. The van der Waals surface area contributed by atoms with Crippen molar-refractivity contribution in [2.24, 2.45) is 5.92 Å². The lowest BCUT2D eigenvalue weighted by Gasteiger charge is -2.03. The standard InChI is InChI=1S/C13H27/c1-4-5-6-7-8-9-10-11-12-13(2)3/h9,13H,4-8,10-12H2,1-3H3. The van der Waals surface area contributed by atoms with Crippen LogP contribution in [0.25, 0.3) is 0 Å². The van der Waals surface area contributed by atoms with E-state index in [0.29, 0.717) is 0 Å². The largest absolute Gasteiger partial charge is 0.0654 e. The highest BCUT2D eigenvalue weighted by atomic mass is 14.0. The van der Waals surface area contributed by atoms with Gasteiger partial charge in [-0.15, -0.1) is 0 Å². The molecule has 0 fully saturated rings. The highest BCUT2D eigenvalue weighted by Gasteiger charge is 1.94. The Morgan fingerprint density at radius 2 is 1.62 bits per heavy atom. The minimum Gasteiger partial charge on any atom is -0.0654 e. The van der Waals surface area contributed by atoms with E-state index in [9.17, 15) is 0 Å². The predicted octanol–water partition coefficient (Wildman–Crippen LogP) is 4.99. The maximum Gasteiger partial charge on any atom is -0.0386 e. The van der Waals surface area contributed by atoms with Crippen LogP contribution in [0.1, 0.15) is 72.1 Å². The zero-order valence-electron chi connectivity index (χ0n) is 9.81. The van der Waals surface area contributed by atoms with Crippen molar-refractivity contribution in [2.75, 3.05) is 0 Å². The molecule has 0 amide bonds. The van der Waals surface area contributed by atoms with Crippen molar-refractivity contribution in [1.82, 2.24) is 0 Å². The average molecular weight is 183 g/mol. The molecule has 0 rings (SSSR count). The SMILES string of the molecule is CCCCCC[CH]CCCC(C)C. The summed E-state index contributed by atoms with van der Waals surface area (Å²) in [6, 6.07) is 0. The van der Waals surface area contributed by atoms with E-state index in [1.165, 1.54) is 51.4 Å². The second-order valence-electron chi connectivity index (χ2n) is 4.46. The Hall–Kier alpha value is 0. The van der Waals surface area contributed by atoms with Crippen LogP contribution in [0.4, 0.5) is 0 Å². The third kappa shape index (κ3) is 12.0. The van der Waals surface area contributed by atoms with Gasteiger partial charge in [-0.1, -0.05) is 72.1 Å². The van der Waals surface area contributed by atoms with Gasteiger partial charge in [-0.2, -0.15) is 0 Å². The van der Waals surface area contributed by atoms with Gasteiger partial charge in [-0.25, -0.2) is 0 Å². The quantitative estimate of drug-likeness (QED) is 0.442. The third-order valence-electron chi connectivity index (χ3n) is 2.45. The normalized spacial score (nSPS) is 11.1. The zero-order valence-corrected chi connectivity index (χ0v) is 9.81. The summed E-state index contributed by atoms with van der Waals surface area (Å²) in [7, 11) is 0. The second kappa shape index (κ2) is 10.1. The van der Waals surface area contributed by atoms with Crippen molar-refractivity contribution < 1.29 is 0 Å². The molecule has 0 atom stereocenters. The number of hydrogen-bond donors (Lipinski definition) is 0. The molecule has 0 saturated heterocycles. The van der Waals surface area contributed by atoms with Crippen molar-refractivity contribution in [3.05, 3.63) is 6.42 Å². The lowest BCUT2D eigenvalue weighted by Crippen LogP contribution is -1.87. The minimum absolute atomic E-state index is 0.883. The molecule has 0 nitrogen and oxygen atoms in total. The number of unbranched alkanes of at least 4 members (excludes halogenated alkanes) is 7. The molecule has 0 bridgehead atoms. The lowest BCUT2D eigenvalue weighted by atomic mass is 10.0. The van der Waals surface area contributed by atoms with Crippen LogP contribution in [-0.2, 0) is 0 Å². The van der Waals surface area contributed by atoms with Gasteiger partial charge in [0.25, 0.3) is 0 Å². The smallest absolute Gasteiger partial charge is 0.0386 e. The van der Waals surface area contributed by atoms with Crippen LogP contribution in [0.2, 0.25) is 0 Å². The van der Waals surface area contributed by atoms with Crippen LogP contribution in [0.3, 0.4) is 0 Å². The van der Waals surface area contributed by atoms with Crippen LogP contribution in [0, 0.1) is 12.3 Å². The summed E-state index contributed by atoms with van der Waals surface area (Å²) in [6.45, 7) is 6.88. The Bertz CT molecular complexity index is 84.0. The molecule has 0 aliphatic heterocycles. The van der Waals surface area contributed by atoms with Crippen LogP contribution < -0.4 is 0 Å². The maximum atomic E-state index is 2.48. The van der Waals surface area contributed by atoms with E-state index in [0.717, 1.165) is 5.92 Å². The van der Waals surface area contributed by atoms with E-state index >= 15 is 0 Å². The summed E-state index contributed by atoms with van der Waals surface area (Å²) in [5, 5.41) is 0. The average Bonchev–Trinajstić information content (AvgIpc) is 2.09. The van der Waals surface area contributed by atoms with Gasteiger partial charge in [0.05, 0.1) is 0 Å². The van der Waals surface area contributed by atoms with E-state index in [-0.39, 0.29) is 0 Å². The highest BCUT2D eigenvalue weighted by Crippen LogP contribution is 2.11. The molecule has 0 aliphatic carbocycles. The van der Waals surface area contributed by atoms with Crippen molar-refractivity contribution in [3.8, 4) is 0 Å². The fourth-order valence-electron chi connectivity index (χ4n) is 1.53. The van der Waals surface area contributed by atoms with Gasteiger partial charge < -0.3 is 0 Å². The number of hydrogen-bond acceptors (Lipinski definition) is 0. The van der Waals surface area contributed by atoms with E-state index < -0.39 is 0 Å². The Balaban J connectivity index is 2.84. The molecule has 0 heteroatoms. The monoisotopic (exact) mass is 183 g/mol. The first-order valence-corrected chi connectivity index (χ1v) is 6.09. The molecule has 0 unspecified atom stereocenters. The summed E-state index contributed by atoms with van der Waals surface area (Å²) in [5.41, 5.74) is 0. The van der Waals surface area contributed by atoms with Crippen molar-refractivity contribution in [1.29, 1.82) is 0 Å². The fourth-order valence-corrected chi connectivity index (χ4v) is 1.53. The van der Waals surface area contributed by atoms with Gasteiger partial charge in [0.2, 0.25) is 0 Å². The van der Waals surface area contributed by atoms with Crippen LogP contribution in [0.5, 0.6) is 0 Å². The van der Waals surface area contributed by atoms with Crippen molar-refractivity contribution in [2.45, 2.75) is 72.1 Å². The molecule has 79 valence electrons. The Morgan fingerprint density at radius 1 is 0.923 bits per heavy atom. The van der Waals surface area contributed by atoms with E-state index in [2.05, 4.69) is 27.2 Å². The molecule has 0 saturated carbocycles. The van der Waals surface area contributed by atoms with Crippen molar-refractivity contribution in [3.63, 3.8) is 0 Å². The summed E-state index contributed by atoms with van der Waals surface area (Å²) in [5.74, 6) is 0.883. The Labute approximate surface area is 85.1 Å². The second-order valence-corrected chi connectivity index (χ2v) is 4.46. The molecular weight excluding hydrogens is 156 g/mol. The van der Waals surface area contributed by atoms with E-state index in [1.807, 2.05) is 0 Å². The summed E-state index contributed by atoms with van der Waals surface area (Å²) in [6.07, 6.45) is 13.6. The fraction of sp³-hybridized carbons (Fsp3) is 0.923. The zero-order chi connectivity index (χ0) is 9.94. The van der Waals surface area contributed by atoms with E-state index in [4.69, 9.17) is 0 Å². The molecule has 0 N–H and O–H groups in total. The first-order valence-electron chi connectivity index (χ1n) is 6.09. The summed E-state index contributed by atoms with van der Waals surface area (Å²) in [4.78, 5) is 0. The predicted molar refractivity (Wildman–Crippen MR) is 61.7 cm³/mol. The molecule has 0 aromatic carbocycles. The van der Waals surface area contributed by atoms with Gasteiger partial charge in [0.1, 0.15) is 0 Å². The molecule has 0 heterocycles. The summed E-state index contributed by atoms with van der Waals surface area (Å²) < 4.78 is 0. The molecule has 0 aromatic rings. The van der Waals surface area contributed by atoms with E-state index in [1.54, 1.807) is 0 Å². The Morgan fingerprint density at radius 3 is 2.23 bits per heavy atom. The minimum atomic E-state index is 0.883. The van der Waals surface area contributed by atoms with Crippen LogP contribution in [-0.4, -0.2) is 0 Å². The molecule has 0 aliphatic rings. The topological polar surface area (TPSA) is 0 Å². The Kier molecular flexibility index (Phi) is 10.1. The molecule has 0 spiro atoms. The van der Waals surface area contributed by atoms with Crippen LogP contribution in [0.15, 0.2) is 0 Å². The molecule has 0 aromatic heterocycles. The first-order chi connectivity index (χ1) is 6.27. The van der Waals surface area contributed by atoms with Gasteiger partial charge in [0, 0.05) is 0 Å². The van der Waals surface area contributed by atoms with Gasteiger partial charge >= 0.3 is 0 Å². The lowest BCUT2D eigenvalue weighted by molar-refractivity contribution is 0.545. The molecule has 1 radical (unpaired) electrons. The van der Waals surface area contributed by atoms with Gasteiger partial charge in [-0.05, 0) is 12.3 Å².